The summed E-state index contributed by atoms with van der Waals surface area (Å²) in [7, 11) is 1.40. The molecule has 0 atom stereocenters. The summed E-state index contributed by atoms with van der Waals surface area (Å²) >= 11 is 0. The van der Waals surface area contributed by atoms with Gasteiger partial charge >= 0.3 is 0 Å². The van der Waals surface area contributed by atoms with Crippen molar-refractivity contribution in [1.29, 1.82) is 0 Å². The van der Waals surface area contributed by atoms with Gasteiger partial charge in [0, 0.05) is 20.0 Å². The Bertz CT molecular complexity index is 58.6. The van der Waals surface area contributed by atoms with Crippen LogP contribution in [0.15, 0.2) is 0 Å². The van der Waals surface area contributed by atoms with Gasteiger partial charge in [0.25, 0.3) is 0 Å². The molecule has 0 aromatic heterocycles. The fourth-order valence-corrected chi connectivity index (χ4v) is 0.302. The molecule has 1 saturated carbocycles. The average molecular weight is 90.1 g/mol. The highest BCUT2D eigenvalue weighted by Gasteiger charge is 2.43. The third-order valence-electron chi connectivity index (χ3n) is 1.01. The lowest BCUT2D eigenvalue weighted by Crippen LogP contribution is -1.99. The van der Waals surface area contributed by atoms with E-state index in [9.17, 15) is 4.39 Å². The second-order valence-electron chi connectivity index (χ2n) is 1.59. The lowest BCUT2D eigenvalue weighted by atomic mass is 10.8. The summed E-state index contributed by atoms with van der Waals surface area (Å²) in [4.78, 5) is 0. The third kappa shape index (κ3) is 0.522. The van der Waals surface area contributed by atoms with Gasteiger partial charge in [-0.3, -0.25) is 0 Å². The van der Waals surface area contributed by atoms with Gasteiger partial charge < -0.3 is 4.74 Å². The first-order chi connectivity index (χ1) is 2.77. The molecule has 1 aliphatic rings. The maximum Gasteiger partial charge on any atom is 0.209 e. The lowest BCUT2D eigenvalue weighted by Gasteiger charge is -1.95. The van der Waals surface area contributed by atoms with Crippen molar-refractivity contribution < 1.29 is 9.13 Å². The standard InChI is InChI=1S/C4H7FO/c1-6-4(5)2-3-4/h2-3H2,1H3. The Labute approximate surface area is 36.1 Å². The Balaban J connectivity index is 2.28. The minimum atomic E-state index is -1.21. The molecule has 1 aliphatic carbocycles. The van der Waals surface area contributed by atoms with Crippen LogP contribution in [0.5, 0.6) is 0 Å². The maximum atomic E-state index is 12.0. The van der Waals surface area contributed by atoms with Gasteiger partial charge in [-0.15, -0.1) is 0 Å². The molecule has 0 aliphatic heterocycles. The third-order valence-corrected chi connectivity index (χ3v) is 1.01. The first-order valence-electron chi connectivity index (χ1n) is 2.01. The fraction of sp³-hybridized carbons (Fsp3) is 1.00. The molecule has 0 heterocycles. The molecule has 0 aromatic rings. The summed E-state index contributed by atoms with van der Waals surface area (Å²) in [5.74, 6) is -1.21. The fourth-order valence-electron chi connectivity index (χ4n) is 0.302. The summed E-state index contributed by atoms with van der Waals surface area (Å²) in [6.45, 7) is 0. The van der Waals surface area contributed by atoms with Crippen LogP contribution in [0.3, 0.4) is 0 Å². The summed E-state index contributed by atoms with van der Waals surface area (Å²) in [6, 6.07) is 0. The van der Waals surface area contributed by atoms with Gasteiger partial charge in [0.15, 0.2) is 0 Å². The molecule has 0 bridgehead atoms. The molecule has 0 spiro atoms. The Kier molecular flexibility index (Phi) is 0.634. The van der Waals surface area contributed by atoms with Crippen LogP contribution in [-0.4, -0.2) is 13.0 Å². The van der Waals surface area contributed by atoms with Crippen LogP contribution in [0.25, 0.3) is 0 Å². The van der Waals surface area contributed by atoms with Crippen molar-refractivity contribution in [3.8, 4) is 0 Å². The minimum Gasteiger partial charge on any atom is -0.349 e. The smallest absolute Gasteiger partial charge is 0.209 e. The first-order valence-corrected chi connectivity index (χ1v) is 2.01. The van der Waals surface area contributed by atoms with Crippen LogP contribution in [-0.2, 0) is 4.74 Å². The molecule has 6 heavy (non-hydrogen) atoms. The van der Waals surface area contributed by atoms with Gasteiger partial charge in [-0.25, -0.2) is 4.39 Å². The maximum absolute atomic E-state index is 12.0. The van der Waals surface area contributed by atoms with Crippen LogP contribution in [0.2, 0.25) is 0 Å². The summed E-state index contributed by atoms with van der Waals surface area (Å²) in [6.07, 6.45) is 1.17. The summed E-state index contributed by atoms with van der Waals surface area (Å²) in [5.41, 5.74) is 0. The van der Waals surface area contributed by atoms with Crippen molar-refractivity contribution in [2.24, 2.45) is 0 Å². The Morgan fingerprint density at radius 3 is 2.17 bits per heavy atom. The van der Waals surface area contributed by atoms with Crippen molar-refractivity contribution in [2.75, 3.05) is 7.11 Å². The van der Waals surface area contributed by atoms with Gasteiger partial charge in [-0.2, -0.15) is 0 Å². The van der Waals surface area contributed by atoms with Crippen LogP contribution >= 0.6 is 0 Å². The van der Waals surface area contributed by atoms with Gasteiger partial charge in [0.2, 0.25) is 5.85 Å². The number of ether oxygens (including phenoxy) is 1. The molecule has 0 amide bonds. The van der Waals surface area contributed by atoms with Crippen LogP contribution in [0.1, 0.15) is 12.8 Å². The molecule has 0 saturated heterocycles. The number of rotatable bonds is 1. The number of alkyl halides is 1. The van der Waals surface area contributed by atoms with Crippen LogP contribution < -0.4 is 0 Å². The predicted molar refractivity (Wildman–Crippen MR) is 20.1 cm³/mol. The molecule has 2 heteroatoms. The SMILES string of the molecule is COC1(F)CC1. The number of halogens is 1. The van der Waals surface area contributed by atoms with E-state index in [1.54, 1.807) is 0 Å². The minimum absolute atomic E-state index is 0.587. The summed E-state index contributed by atoms with van der Waals surface area (Å²) < 4.78 is 16.4. The normalized spacial score (nSPS) is 27.0. The van der Waals surface area contributed by atoms with E-state index in [4.69, 9.17) is 0 Å². The number of methoxy groups -OCH3 is 1. The van der Waals surface area contributed by atoms with Gasteiger partial charge in [-0.05, 0) is 0 Å². The van der Waals surface area contributed by atoms with Gasteiger partial charge in [0.05, 0.1) is 0 Å². The first kappa shape index (κ1) is 4.06. The molecular formula is C4H7FO. The lowest BCUT2D eigenvalue weighted by molar-refractivity contribution is -0.0307. The number of hydrogen-bond donors (Lipinski definition) is 0. The van der Waals surface area contributed by atoms with E-state index < -0.39 is 5.85 Å². The molecule has 0 aromatic carbocycles. The molecule has 0 radical (unpaired) electrons. The molecule has 1 nitrogen and oxygen atoms in total. The quantitative estimate of drug-likeness (QED) is 0.468. The van der Waals surface area contributed by atoms with E-state index in [0.717, 1.165) is 0 Å². The van der Waals surface area contributed by atoms with Crippen molar-refractivity contribution >= 4 is 0 Å². The molecule has 1 fully saturated rings. The second-order valence-corrected chi connectivity index (χ2v) is 1.59. The molecular weight excluding hydrogens is 83.0 g/mol. The Morgan fingerprint density at radius 2 is 2.17 bits per heavy atom. The van der Waals surface area contributed by atoms with E-state index in [1.165, 1.54) is 7.11 Å². The molecule has 36 valence electrons. The topological polar surface area (TPSA) is 9.23 Å². The monoisotopic (exact) mass is 90.0 g/mol. The Hall–Kier alpha value is -0.110. The van der Waals surface area contributed by atoms with Crippen molar-refractivity contribution in [3.63, 3.8) is 0 Å². The van der Waals surface area contributed by atoms with Crippen molar-refractivity contribution in [3.05, 3.63) is 0 Å². The average Bonchev–Trinajstić information content (AvgIpc) is 2.22. The Morgan fingerprint density at radius 1 is 1.67 bits per heavy atom. The van der Waals surface area contributed by atoms with Crippen LogP contribution in [0.4, 0.5) is 4.39 Å². The largest absolute Gasteiger partial charge is 0.349 e. The van der Waals surface area contributed by atoms with Gasteiger partial charge in [-0.1, -0.05) is 0 Å². The van der Waals surface area contributed by atoms with E-state index in [2.05, 4.69) is 4.74 Å². The highest BCUT2D eigenvalue weighted by atomic mass is 19.2. The van der Waals surface area contributed by atoms with Crippen LogP contribution in [0, 0.1) is 0 Å². The second kappa shape index (κ2) is 0.936. The molecule has 1 rings (SSSR count). The zero-order chi connectivity index (χ0) is 4.62. The summed E-state index contributed by atoms with van der Waals surface area (Å²) in [5, 5.41) is 0. The van der Waals surface area contributed by atoms with E-state index >= 15 is 0 Å². The highest BCUT2D eigenvalue weighted by molar-refractivity contribution is 4.82. The predicted octanol–water partition coefficient (Wildman–Crippen LogP) is 1.09. The van der Waals surface area contributed by atoms with E-state index in [0.29, 0.717) is 12.8 Å². The molecule has 0 unspecified atom stereocenters. The van der Waals surface area contributed by atoms with E-state index in [-0.39, 0.29) is 0 Å². The van der Waals surface area contributed by atoms with E-state index in [1.807, 2.05) is 0 Å². The number of hydrogen-bond acceptors (Lipinski definition) is 1. The highest BCUT2D eigenvalue weighted by Crippen LogP contribution is 2.39. The van der Waals surface area contributed by atoms with Crippen molar-refractivity contribution in [1.82, 2.24) is 0 Å². The zero-order valence-electron chi connectivity index (χ0n) is 3.70. The zero-order valence-corrected chi connectivity index (χ0v) is 3.70. The molecule has 0 N–H and O–H groups in total. The van der Waals surface area contributed by atoms with Crippen molar-refractivity contribution in [2.45, 2.75) is 18.7 Å². The van der Waals surface area contributed by atoms with Gasteiger partial charge in [0.1, 0.15) is 0 Å².